The van der Waals surface area contributed by atoms with Gasteiger partial charge in [0, 0.05) is 43.0 Å². The van der Waals surface area contributed by atoms with Crippen molar-refractivity contribution in [3.8, 4) is 5.75 Å². The standard InChI is InChI=1S/C25H36N4O6S/c1-5-10-27-24(31)18-11-19(13-20(26)12-18)25(32)28-14-21(30)16-29(15-17(2)3)36(33,34)23-8-6-22(35-4)7-9-23/h6-9,11-13,17,21,30H,5,10,14-16,26H2,1-4H3,(H,27,31)(H,28,32)/t21-/m0/s1. The number of hydrogen-bond donors (Lipinski definition) is 4. The van der Waals surface area contributed by atoms with Crippen LogP contribution in [0.15, 0.2) is 47.4 Å². The number of ether oxygens (including phenoxy) is 1. The summed E-state index contributed by atoms with van der Waals surface area (Å²) in [6.45, 7) is 5.94. The van der Waals surface area contributed by atoms with Crippen molar-refractivity contribution in [2.45, 2.75) is 38.2 Å². The van der Waals surface area contributed by atoms with Crippen LogP contribution in [-0.2, 0) is 10.0 Å². The smallest absolute Gasteiger partial charge is 0.251 e. The van der Waals surface area contributed by atoms with Crippen LogP contribution >= 0.6 is 0 Å². The van der Waals surface area contributed by atoms with Gasteiger partial charge in [0.05, 0.1) is 18.1 Å². The molecule has 2 rings (SSSR count). The molecule has 0 unspecified atom stereocenters. The van der Waals surface area contributed by atoms with Crippen molar-refractivity contribution in [2.24, 2.45) is 5.92 Å². The van der Waals surface area contributed by atoms with E-state index in [0.717, 1.165) is 6.42 Å². The summed E-state index contributed by atoms with van der Waals surface area (Å²) in [6, 6.07) is 10.3. The molecule has 0 aliphatic heterocycles. The third-order valence-corrected chi connectivity index (χ3v) is 7.04. The van der Waals surface area contributed by atoms with Gasteiger partial charge in [-0.2, -0.15) is 4.31 Å². The topological polar surface area (TPSA) is 151 Å². The van der Waals surface area contributed by atoms with Gasteiger partial charge in [0.2, 0.25) is 10.0 Å². The van der Waals surface area contributed by atoms with E-state index in [4.69, 9.17) is 10.5 Å². The molecule has 5 N–H and O–H groups in total. The summed E-state index contributed by atoms with van der Waals surface area (Å²) < 4.78 is 32.7. The Bertz CT molecular complexity index is 1140. The lowest BCUT2D eigenvalue weighted by molar-refractivity contribution is 0.0898. The Kier molecular flexibility index (Phi) is 10.7. The minimum Gasteiger partial charge on any atom is -0.497 e. The van der Waals surface area contributed by atoms with Crippen molar-refractivity contribution in [3.05, 3.63) is 53.6 Å². The van der Waals surface area contributed by atoms with Gasteiger partial charge in [-0.25, -0.2) is 8.42 Å². The van der Waals surface area contributed by atoms with Gasteiger partial charge in [-0.3, -0.25) is 9.59 Å². The molecule has 2 aromatic rings. The first kappa shape index (κ1) is 29.1. The lowest BCUT2D eigenvalue weighted by atomic mass is 10.1. The van der Waals surface area contributed by atoms with Crippen molar-refractivity contribution in [2.75, 3.05) is 39.0 Å². The Labute approximate surface area is 212 Å². The van der Waals surface area contributed by atoms with Gasteiger partial charge < -0.3 is 26.2 Å². The van der Waals surface area contributed by atoms with E-state index in [1.807, 2.05) is 20.8 Å². The first-order valence-electron chi connectivity index (χ1n) is 11.8. The van der Waals surface area contributed by atoms with E-state index in [0.29, 0.717) is 12.3 Å². The normalized spacial score (nSPS) is 12.4. The van der Waals surface area contributed by atoms with Gasteiger partial charge in [0.25, 0.3) is 11.8 Å². The van der Waals surface area contributed by atoms with Crippen LogP contribution in [0.5, 0.6) is 5.75 Å². The molecule has 0 aliphatic rings. The van der Waals surface area contributed by atoms with Crippen molar-refractivity contribution in [1.82, 2.24) is 14.9 Å². The molecular weight excluding hydrogens is 484 g/mol. The fraction of sp³-hybridized carbons (Fsp3) is 0.440. The largest absolute Gasteiger partial charge is 0.497 e. The van der Waals surface area contributed by atoms with Crippen LogP contribution in [0.3, 0.4) is 0 Å². The summed E-state index contributed by atoms with van der Waals surface area (Å²) in [6.07, 6.45) is -0.407. The van der Waals surface area contributed by atoms with E-state index in [2.05, 4.69) is 10.6 Å². The first-order chi connectivity index (χ1) is 17.0. The van der Waals surface area contributed by atoms with Gasteiger partial charge in [0.1, 0.15) is 5.75 Å². The van der Waals surface area contributed by atoms with E-state index >= 15 is 0 Å². The highest BCUT2D eigenvalue weighted by molar-refractivity contribution is 7.89. The third-order valence-electron chi connectivity index (χ3n) is 5.19. The highest BCUT2D eigenvalue weighted by Gasteiger charge is 2.27. The maximum atomic E-state index is 13.2. The molecule has 0 aromatic heterocycles. The molecule has 0 radical (unpaired) electrons. The van der Waals surface area contributed by atoms with Gasteiger partial charge >= 0.3 is 0 Å². The number of nitrogens with two attached hydrogens (primary N) is 1. The van der Waals surface area contributed by atoms with Crippen LogP contribution in [0.25, 0.3) is 0 Å². The molecule has 0 bridgehead atoms. The number of benzene rings is 2. The van der Waals surface area contributed by atoms with E-state index in [1.165, 1.54) is 41.7 Å². The highest BCUT2D eigenvalue weighted by atomic mass is 32.2. The lowest BCUT2D eigenvalue weighted by Crippen LogP contribution is -2.44. The number of carbonyl (C=O) groups excluding carboxylic acids is 2. The maximum Gasteiger partial charge on any atom is 0.251 e. The Balaban J connectivity index is 2.09. The van der Waals surface area contributed by atoms with Crippen LogP contribution in [0, 0.1) is 5.92 Å². The highest BCUT2D eigenvalue weighted by Crippen LogP contribution is 2.21. The number of amides is 2. The number of rotatable bonds is 13. The van der Waals surface area contributed by atoms with E-state index in [9.17, 15) is 23.1 Å². The number of anilines is 1. The summed E-state index contributed by atoms with van der Waals surface area (Å²) in [5.74, 6) is -0.352. The van der Waals surface area contributed by atoms with Crippen LogP contribution in [0.4, 0.5) is 5.69 Å². The molecule has 36 heavy (non-hydrogen) atoms. The van der Waals surface area contributed by atoms with Gasteiger partial charge in [-0.1, -0.05) is 20.8 Å². The molecule has 10 nitrogen and oxygen atoms in total. The molecule has 0 spiro atoms. The number of aliphatic hydroxyl groups is 1. The van der Waals surface area contributed by atoms with Crippen LogP contribution < -0.4 is 21.1 Å². The zero-order chi connectivity index (χ0) is 26.9. The number of sulfonamides is 1. The second kappa shape index (κ2) is 13.2. The van der Waals surface area contributed by atoms with Crippen molar-refractivity contribution < 1.29 is 27.9 Å². The molecule has 0 heterocycles. The molecule has 2 aromatic carbocycles. The van der Waals surface area contributed by atoms with Crippen LogP contribution in [0.1, 0.15) is 47.9 Å². The number of nitrogens with zero attached hydrogens (tertiary/aromatic N) is 1. The Morgan fingerprint density at radius 3 is 2.14 bits per heavy atom. The second-order valence-electron chi connectivity index (χ2n) is 8.85. The maximum absolute atomic E-state index is 13.2. The average molecular weight is 521 g/mol. The number of nitrogens with one attached hydrogen (secondary N) is 2. The predicted octanol–water partition coefficient (Wildman–Crippen LogP) is 1.85. The van der Waals surface area contributed by atoms with Crippen molar-refractivity contribution >= 4 is 27.5 Å². The van der Waals surface area contributed by atoms with E-state index in [-0.39, 0.29) is 53.2 Å². The Morgan fingerprint density at radius 1 is 1.03 bits per heavy atom. The molecule has 0 saturated carbocycles. The van der Waals surface area contributed by atoms with E-state index in [1.54, 1.807) is 12.1 Å². The first-order valence-corrected chi connectivity index (χ1v) is 13.2. The van der Waals surface area contributed by atoms with Crippen LogP contribution in [-0.4, -0.2) is 69.0 Å². The Morgan fingerprint density at radius 2 is 1.61 bits per heavy atom. The zero-order valence-electron chi connectivity index (χ0n) is 21.2. The minimum absolute atomic E-state index is 0.00406. The monoisotopic (exact) mass is 520 g/mol. The fourth-order valence-corrected chi connectivity index (χ4v) is 5.08. The quantitative estimate of drug-likeness (QED) is 0.294. The lowest BCUT2D eigenvalue weighted by Gasteiger charge is -2.26. The third kappa shape index (κ3) is 8.21. The predicted molar refractivity (Wildman–Crippen MR) is 138 cm³/mol. The van der Waals surface area contributed by atoms with Crippen molar-refractivity contribution in [3.63, 3.8) is 0 Å². The summed E-state index contributed by atoms with van der Waals surface area (Å²) in [4.78, 5) is 25.0. The van der Waals surface area contributed by atoms with Gasteiger partial charge in [-0.15, -0.1) is 0 Å². The number of carbonyl (C=O) groups is 2. The summed E-state index contributed by atoms with van der Waals surface area (Å²) >= 11 is 0. The van der Waals surface area contributed by atoms with Gasteiger partial charge in [-0.05, 0) is 54.8 Å². The van der Waals surface area contributed by atoms with Crippen molar-refractivity contribution in [1.29, 1.82) is 0 Å². The molecule has 2 amide bonds. The molecule has 0 saturated heterocycles. The minimum atomic E-state index is -3.89. The Hall–Kier alpha value is -3.15. The summed E-state index contributed by atoms with van der Waals surface area (Å²) in [7, 11) is -2.40. The van der Waals surface area contributed by atoms with Gasteiger partial charge in [0.15, 0.2) is 0 Å². The molecule has 198 valence electrons. The van der Waals surface area contributed by atoms with Crippen LogP contribution in [0.2, 0.25) is 0 Å². The summed E-state index contributed by atoms with van der Waals surface area (Å²) in [5.41, 5.74) is 6.52. The molecule has 1 atom stereocenters. The number of hydrogen-bond acceptors (Lipinski definition) is 7. The molecular formula is C25H36N4O6S. The molecule has 11 heteroatoms. The zero-order valence-corrected chi connectivity index (χ0v) is 22.0. The number of nitrogen functional groups attached to an aromatic ring is 1. The summed E-state index contributed by atoms with van der Waals surface area (Å²) in [5, 5.41) is 15.9. The number of methoxy groups -OCH3 is 1. The fourth-order valence-electron chi connectivity index (χ4n) is 3.44. The number of aliphatic hydroxyl groups excluding tert-OH is 1. The second-order valence-corrected chi connectivity index (χ2v) is 10.8. The van der Waals surface area contributed by atoms with E-state index < -0.39 is 22.0 Å². The SMILES string of the molecule is CCCNC(=O)c1cc(N)cc(C(=O)NC[C@H](O)CN(CC(C)C)S(=O)(=O)c2ccc(OC)cc2)c1. The molecule has 0 aliphatic carbocycles. The molecule has 0 fully saturated rings. The average Bonchev–Trinajstić information content (AvgIpc) is 2.84.